The first-order valence-electron chi connectivity index (χ1n) is 5.50. The lowest BCUT2D eigenvalue weighted by atomic mass is 10.2. The van der Waals surface area contributed by atoms with Crippen molar-refractivity contribution in [1.82, 2.24) is 0 Å². The number of rotatable bonds is 3. The van der Waals surface area contributed by atoms with E-state index in [4.69, 9.17) is 4.74 Å². The molecule has 5 heteroatoms. The Kier molecular flexibility index (Phi) is 4.14. The lowest BCUT2D eigenvalue weighted by molar-refractivity contribution is -0.139. The number of halogens is 4. The van der Waals surface area contributed by atoms with Crippen molar-refractivity contribution in [3.05, 3.63) is 64.1 Å². The Morgan fingerprint density at radius 2 is 1.58 bits per heavy atom. The van der Waals surface area contributed by atoms with Crippen LogP contribution in [0, 0.1) is 0 Å². The van der Waals surface area contributed by atoms with Crippen LogP contribution < -0.4 is 4.74 Å². The van der Waals surface area contributed by atoms with Gasteiger partial charge in [-0.2, -0.15) is 13.2 Å². The van der Waals surface area contributed by atoms with Gasteiger partial charge in [0.15, 0.2) is 0 Å². The molecule has 0 bridgehead atoms. The number of hydrogen-bond acceptors (Lipinski definition) is 1. The zero-order chi connectivity index (χ0) is 13.9. The fourth-order valence-electron chi connectivity index (χ4n) is 1.57. The van der Waals surface area contributed by atoms with Crippen molar-refractivity contribution in [3.63, 3.8) is 0 Å². The van der Waals surface area contributed by atoms with Crippen LogP contribution in [0.1, 0.15) is 11.1 Å². The predicted molar refractivity (Wildman–Crippen MR) is 69.9 cm³/mol. The molecule has 0 saturated heterocycles. The molecule has 0 aliphatic rings. The largest absolute Gasteiger partial charge is 0.488 e. The Balaban J connectivity index is 2.14. The van der Waals surface area contributed by atoms with Gasteiger partial charge in [-0.15, -0.1) is 0 Å². The van der Waals surface area contributed by atoms with E-state index in [1.54, 1.807) is 12.1 Å². The second-order valence-electron chi connectivity index (χ2n) is 3.91. The Morgan fingerprint density at radius 3 is 2.21 bits per heavy atom. The van der Waals surface area contributed by atoms with Gasteiger partial charge < -0.3 is 4.74 Å². The van der Waals surface area contributed by atoms with Gasteiger partial charge in [0, 0.05) is 4.47 Å². The maximum atomic E-state index is 12.7. The van der Waals surface area contributed by atoms with Crippen LogP contribution in [0.2, 0.25) is 0 Å². The fourth-order valence-corrected chi connectivity index (χ4v) is 1.83. The summed E-state index contributed by atoms with van der Waals surface area (Å²) in [5.41, 5.74) is 0.0484. The fraction of sp³-hybridized carbons (Fsp3) is 0.143. The molecule has 0 heterocycles. The maximum absolute atomic E-state index is 12.7. The minimum atomic E-state index is -4.41. The second-order valence-corrected chi connectivity index (χ2v) is 4.82. The van der Waals surface area contributed by atoms with Gasteiger partial charge in [-0.1, -0.05) is 40.2 Å². The van der Waals surface area contributed by atoms with Crippen LogP contribution in [0.25, 0.3) is 0 Å². The first kappa shape index (κ1) is 13.9. The molecule has 0 aliphatic heterocycles. The molecular formula is C14H10BrF3O. The van der Waals surface area contributed by atoms with E-state index in [1.165, 1.54) is 18.2 Å². The average molecular weight is 331 g/mol. The first-order chi connectivity index (χ1) is 8.97. The molecule has 2 aromatic carbocycles. The summed E-state index contributed by atoms with van der Waals surface area (Å²) >= 11 is 3.29. The van der Waals surface area contributed by atoms with Gasteiger partial charge in [0.25, 0.3) is 0 Å². The Morgan fingerprint density at radius 1 is 0.947 bits per heavy atom. The number of hydrogen-bond donors (Lipinski definition) is 0. The smallest absolute Gasteiger partial charge is 0.419 e. The summed E-state index contributed by atoms with van der Waals surface area (Å²) in [4.78, 5) is 0. The zero-order valence-electron chi connectivity index (χ0n) is 9.75. The molecular weight excluding hydrogens is 321 g/mol. The predicted octanol–water partition coefficient (Wildman–Crippen LogP) is 5.05. The number of alkyl halides is 3. The van der Waals surface area contributed by atoms with Gasteiger partial charge in [0.05, 0.1) is 5.56 Å². The SMILES string of the molecule is FC(F)(F)c1ccccc1OCc1ccc(Br)cc1. The molecule has 0 fully saturated rings. The van der Waals surface area contributed by atoms with Gasteiger partial charge >= 0.3 is 6.18 Å². The highest BCUT2D eigenvalue weighted by atomic mass is 79.9. The summed E-state index contributed by atoms with van der Waals surface area (Å²) in [6.45, 7) is 0.0976. The van der Waals surface area contributed by atoms with Gasteiger partial charge in [-0.25, -0.2) is 0 Å². The molecule has 0 amide bonds. The second kappa shape index (κ2) is 5.65. The van der Waals surface area contributed by atoms with Crippen molar-refractivity contribution < 1.29 is 17.9 Å². The van der Waals surface area contributed by atoms with E-state index in [1.807, 2.05) is 12.1 Å². The average Bonchev–Trinajstić information content (AvgIpc) is 2.37. The van der Waals surface area contributed by atoms with Crippen molar-refractivity contribution in [3.8, 4) is 5.75 Å². The first-order valence-corrected chi connectivity index (χ1v) is 6.29. The molecule has 19 heavy (non-hydrogen) atoms. The van der Waals surface area contributed by atoms with Gasteiger partial charge in [0.2, 0.25) is 0 Å². The lowest BCUT2D eigenvalue weighted by Gasteiger charge is -2.13. The molecule has 0 aromatic heterocycles. The molecule has 0 spiro atoms. The molecule has 100 valence electrons. The third kappa shape index (κ3) is 3.73. The topological polar surface area (TPSA) is 9.23 Å². The van der Waals surface area contributed by atoms with Crippen LogP contribution in [0.5, 0.6) is 5.75 Å². The van der Waals surface area contributed by atoms with Crippen LogP contribution in [-0.2, 0) is 12.8 Å². The number of ether oxygens (including phenoxy) is 1. The minimum Gasteiger partial charge on any atom is -0.488 e. The van der Waals surface area contributed by atoms with E-state index >= 15 is 0 Å². The van der Waals surface area contributed by atoms with Crippen molar-refractivity contribution in [2.45, 2.75) is 12.8 Å². The third-order valence-electron chi connectivity index (χ3n) is 2.50. The third-order valence-corrected chi connectivity index (χ3v) is 3.03. The van der Waals surface area contributed by atoms with E-state index in [0.717, 1.165) is 16.1 Å². The summed E-state index contributed by atoms with van der Waals surface area (Å²) in [6.07, 6.45) is -4.41. The molecule has 0 aliphatic carbocycles. The lowest BCUT2D eigenvalue weighted by Crippen LogP contribution is -2.08. The van der Waals surface area contributed by atoms with Crippen LogP contribution in [0.3, 0.4) is 0 Å². The van der Waals surface area contributed by atoms with Crippen molar-refractivity contribution >= 4 is 15.9 Å². The van der Waals surface area contributed by atoms with Crippen LogP contribution in [-0.4, -0.2) is 0 Å². The van der Waals surface area contributed by atoms with E-state index in [0.29, 0.717) is 0 Å². The Labute approximate surface area is 117 Å². The highest BCUT2D eigenvalue weighted by Crippen LogP contribution is 2.36. The standard InChI is InChI=1S/C14H10BrF3O/c15-11-7-5-10(6-8-11)9-19-13-4-2-1-3-12(13)14(16,17)18/h1-8H,9H2. The van der Waals surface area contributed by atoms with Crippen LogP contribution in [0.4, 0.5) is 13.2 Å². The zero-order valence-corrected chi connectivity index (χ0v) is 11.3. The molecule has 0 saturated carbocycles. The summed E-state index contributed by atoms with van der Waals surface area (Å²) in [6, 6.07) is 12.4. The molecule has 2 rings (SSSR count). The molecule has 1 nitrogen and oxygen atoms in total. The highest BCUT2D eigenvalue weighted by Gasteiger charge is 2.33. The summed E-state index contributed by atoms with van der Waals surface area (Å²) < 4.78 is 44.4. The van der Waals surface area contributed by atoms with Crippen molar-refractivity contribution in [1.29, 1.82) is 0 Å². The summed E-state index contributed by atoms with van der Waals surface area (Å²) in [5.74, 6) is -0.155. The molecule has 0 N–H and O–H groups in total. The van der Waals surface area contributed by atoms with Crippen molar-refractivity contribution in [2.75, 3.05) is 0 Å². The Hall–Kier alpha value is -1.49. The Bertz CT molecular complexity index is 549. The molecule has 2 aromatic rings. The van der Waals surface area contributed by atoms with E-state index in [2.05, 4.69) is 15.9 Å². The maximum Gasteiger partial charge on any atom is 0.419 e. The number of benzene rings is 2. The van der Waals surface area contributed by atoms with E-state index < -0.39 is 11.7 Å². The van der Waals surface area contributed by atoms with Gasteiger partial charge in [-0.3, -0.25) is 0 Å². The van der Waals surface area contributed by atoms with E-state index in [9.17, 15) is 13.2 Å². The normalized spacial score (nSPS) is 11.4. The molecule has 0 unspecified atom stereocenters. The molecule has 0 atom stereocenters. The molecule has 0 radical (unpaired) electrons. The minimum absolute atomic E-state index is 0.0976. The highest BCUT2D eigenvalue weighted by molar-refractivity contribution is 9.10. The van der Waals surface area contributed by atoms with Crippen LogP contribution in [0.15, 0.2) is 53.0 Å². The number of para-hydroxylation sites is 1. The monoisotopic (exact) mass is 330 g/mol. The van der Waals surface area contributed by atoms with E-state index in [-0.39, 0.29) is 12.4 Å². The summed E-state index contributed by atoms with van der Waals surface area (Å²) in [7, 11) is 0. The summed E-state index contributed by atoms with van der Waals surface area (Å²) in [5, 5.41) is 0. The van der Waals surface area contributed by atoms with Crippen molar-refractivity contribution in [2.24, 2.45) is 0 Å². The van der Waals surface area contributed by atoms with Gasteiger partial charge in [0.1, 0.15) is 12.4 Å². The van der Waals surface area contributed by atoms with Gasteiger partial charge in [-0.05, 0) is 29.8 Å². The quantitative estimate of drug-likeness (QED) is 0.765. The van der Waals surface area contributed by atoms with Crippen LogP contribution >= 0.6 is 15.9 Å².